The second kappa shape index (κ2) is 3.88. The minimum absolute atomic E-state index is 0.212. The molecule has 4 N–H and O–H groups in total. The zero-order valence-corrected chi connectivity index (χ0v) is 8.01. The van der Waals surface area contributed by atoms with E-state index in [4.69, 9.17) is 5.73 Å². The lowest BCUT2D eigenvalue weighted by Crippen LogP contribution is -1.94. The number of nitrogens with zero attached hydrogens (tertiary/aromatic N) is 1. The van der Waals surface area contributed by atoms with Gasteiger partial charge in [-0.15, -0.1) is 0 Å². The van der Waals surface area contributed by atoms with Crippen molar-refractivity contribution in [2.24, 2.45) is 0 Å². The summed E-state index contributed by atoms with van der Waals surface area (Å²) in [5.41, 5.74) is 7.03. The van der Waals surface area contributed by atoms with Gasteiger partial charge >= 0.3 is 0 Å². The summed E-state index contributed by atoms with van der Waals surface area (Å²) in [6.07, 6.45) is 1.63. The molecule has 1 aromatic carbocycles. The van der Waals surface area contributed by atoms with E-state index in [1.165, 1.54) is 0 Å². The van der Waals surface area contributed by atoms with Crippen LogP contribution in [0.15, 0.2) is 42.6 Å². The number of nitrogens with two attached hydrogens (primary N) is 1. The molecule has 2 aromatic rings. The molecule has 0 radical (unpaired) electrons. The SMILES string of the molecule is Nc1ccnc(Nc2cccc(O)c2)c1. The van der Waals surface area contributed by atoms with Crippen molar-refractivity contribution in [3.63, 3.8) is 0 Å². The fraction of sp³-hybridized carbons (Fsp3) is 0. The number of nitrogen functional groups attached to an aromatic ring is 1. The van der Waals surface area contributed by atoms with Gasteiger partial charge in [0.2, 0.25) is 0 Å². The van der Waals surface area contributed by atoms with Crippen LogP contribution in [0.4, 0.5) is 17.2 Å². The van der Waals surface area contributed by atoms with Crippen molar-refractivity contribution in [1.29, 1.82) is 0 Å². The van der Waals surface area contributed by atoms with E-state index in [1.54, 1.807) is 36.5 Å². The lowest BCUT2D eigenvalue weighted by atomic mass is 10.3. The predicted octanol–water partition coefficient (Wildman–Crippen LogP) is 2.11. The van der Waals surface area contributed by atoms with E-state index in [-0.39, 0.29) is 5.75 Å². The standard InChI is InChI=1S/C11H11N3O/c12-8-4-5-13-11(6-8)14-9-2-1-3-10(15)7-9/h1-7,15H,(H3,12,13,14). The van der Waals surface area contributed by atoms with Crippen molar-refractivity contribution in [1.82, 2.24) is 4.98 Å². The lowest BCUT2D eigenvalue weighted by molar-refractivity contribution is 0.475. The molecule has 4 nitrogen and oxygen atoms in total. The number of phenols is 1. The Morgan fingerprint density at radius 1 is 1.20 bits per heavy atom. The van der Waals surface area contributed by atoms with Gasteiger partial charge in [0.05, 0.1) is 0 Å². The van der Waals surface area contributed by atoms with Gasteiger partial charge in [0.25, 0.3) is 0 Å². The quantitative estimate of drug-likeness (QED) is 0.696. The van der Waals surface area contributed by atoms with Crippen LogP contribution in [0.1, 0.15) is 0 Å². The highest BCUT2D eigenvalue weighted by atomic mass is 16.3. The molecule has 0 unspecified atom stereocenters. The number of hydrogen-bond donors (Lipinski definition) is 3. The minimum Gasteiger partial charge on any atom is -0.508 e. The van der Waals surface area contributed by atoms with E-state index in [2.05, 4.69) is 10.3 Å². The Hall–Kier alpha value is -2.23. The second-order valence-electron chi connectivity index (χ2n) is 3.15. The molecule has 2 rings (SSSR count). The third kappa shape index (κ3) is 2.37. The molecule has 1 heterocycles. The van der Waals surface area contributed by atoms with E-state index in [1.807, 2.05) is 6.07 Å². The zero-order chi connectivity index (χ0) is 10.7. The van der Waals surface area contributed by atoms with Crippen molar-refractivity contribution >= 4 is 17.2 Å². The van der Waals surface area contributed by atoms with Gasteiger partial charge in [-0.3, -0.25) is 0 Å². The van der Waals surface area contributed by atoms with Gasteiger partial charge in [-0.25, -0.2) is 4.98 Å². The first-order chi connectivity index (χ1) is 7.24. The Morgan fingerprint density at radius 3 is 2.80 bits per heavy atom. The molecule has 15 heavy (non-hydrogen) atoms. The van der Waals surface area contributed by atoms with Crippen LogP contribution in [0.3, 0.4) is 0 Å². The molecule has 0 saturated heterocycles. The van der Waals surface area contributed by atoms with Gasteiger partial charge in [-0.1, -0.05) is 6.07 Å². The van der Waals surface area contributed by atoms with E-state index < -0.39 is 0 Å². The van der Waals surface area contributed by atoms with Gasteiger partial charge in [0.15, 0.2) is 0 Å². The van der Waals surface area contributed by atoms with Crippen LogP contribution >= 0.6 is 0 Å². The van der Waals surface area contributed by atoms with Crippen LogP contribution in [0.2, 0.25) is 0 Å². The van der Waals surface area contributed by atoms with Crippen molar-refractivity contribution in [3.05, 3.63) is 42.6 Å². The monoisotopic (exact) mass is 201 g/mol. The van der Waals surface area contributed by atoms with Crippen molar-refractivity contribution in [2.45, 2.75) is 0 Å². The average Bonchev–Trinajstić information content (AvgIpc) is 2.17. The number of phenolic OH excluding ortho intramolecular Hbond substituents is 1. The molecule has 0 spiro atoms. The summed E-state index contributed by atoms with van der Waals surface area (Å²) >= 11 is 0. The Kier molecular flexibility index (Phi) is 2.41. The summed E-state index contributed by atoms with van der Waals surface area (Å²) in [7, 11) is 0. The summed E-state index contributed by atoms with van der Waals surface area (Å²) < 4.78 is 0. The topological polar surface area (TPSA) is 71.2 Å². The maximum absolute atomic E-state index is 9.26. The zero-order valence-electron chi connectivity index (χ0n) is 8.01. The Labute approximate surface area is 87.4 Å². The van der Waals surface area contributed by atoms with Crippen LogP contribution in [-0.4, -0.2) is 10.1 Å². The van der Waals surface area contributed by atoms with Crippen molar-refractivity contribution in [3.8, 4) is 5.75 Å². The molecular formula is C11H11N3O. The normalized spacial score (nSPS) is 9.87. The molecule has 0 amide bonds. The molecule has 0 atom stereocenters. The number of benzene rings is 1. The third-order valence-electron chi connectivity index (χ3n) is 1.90. The maximum Gasteiger partial charge on any atom is 0.132 e. The molecular weight excluding hydrogens is 190 g/mol. The number of rotatable bonds is 2. The smallest absolute Gasteiger partial charge is 0.132 e. The highest BCUT2D eigenvalue weighted by Crippen LogP contribution is 2.19. The molecule has 0 aliphatic heterocycles. The van der Waals surface area contributed by atoms with Gasteiger partial charge in [0.1, 0.15) is 11.6 Å². The fourth-order valence-electron chi connectivity index (χ4n) is 1.25. The maximum atomic E-state index is 9.26. The first-order valence-electron chi connectivity index (χ1n) is 4.51. The van der Waals surface area contributed by atoms with Gasteiger partial charge < -0.3 is 16.2 Å². The van der Waals surface area contributed by atoms with Gasteiger partial charge in [-0.05, 0) is 18.2 Å². The van der Waals surface area contributed by atoms with E-state index in [0.29, 0.717) is 11.5 Å². The summed E-state index contributed by atoms with van der Waals surface area (Å²) in [6.45, 7) is 0. The summed E-state index contributed by atoms with van der Waals surface area (Å²) in [5.74, 6) is 0.865. The number of hydrogen-bond acceptors (Lipinski definition) is 4. The fourth-order valence-corrected chi connectivity index (χ4v) is 1.25. The molecule has 0 aliphatic rings. The van der Waals surface area contributed by atoms with Crippen LogP contribution < -0.4 is 11.1 Å². The molecule has 0 aliphatic carbocycles. The molecule has 0 saturated carbocycles. The summed E-state index contributed by atoms with van der Waals surface area (Å²) in [6, 6.07) is 10.3. The highest BCUT2D eigenvalue weighted by molar-refractivity contribution is 5.60. The number of aromatic nitrogens is 1. The van der Waals surface area contributed by atoms with Crippen LogP contribution in [0, 0.1) is 0 Å². The Morgan fingerprint density at radius 2 is 2.07 bits per heavy atom. The lowest BCUT2D eigenvalue weighted by Gasteiger charge is -2.05. The van der Waals surface area contributed by atoms with Gasteiger partial charge in [0, 0.05) is 29.7 Å². The number of pyridine rings is 1. The highest BCUT2D eigenvalue weighted by Gasteiger charge is 1.97. The van der Waals surface area contributed by atoms with E-state index in [0.717, 1.165) is 5.69 Å². The van der Waals surface area contributed by atoms with E-state index >= 15 is 0 Å². The average molecular weight is 201 g/mol. The predicted molar refractivity (Wildman–Crippen MR) is 60.0 cm³/mol. The first-order valence-corrected chi connectivity index (χ1v) is 4.51. The minimum atomic E-state index is 0.212. The first kappa shape index (κ1) is 9.33. The van der Waals surface area contributed by atoms with Crippen molar-refractivity contribution in [2.75, 3.05) is 11.1 Å². The molecule has 0 fully saturated rings. The molecule has 76 valence electrons. The van der Waals surface area contributed by atoms with Crippen LogP contribution in [-0.2, 0) is 0 Å². The van der Waals surface area contributed by atoms with Crippen LogP contribution in [0.5, 0.6) is 5.75 Å². The number of aromatic hydroxyl groups is 1. The van der Waals surface area contributed by atoms with Crippen molar-refractivity contribution < 1.29 is 5.11 Å². The summed E-state index contributed by atoms with van der Waals surface area (Å²) in [4.78, 5) is 4.09. The number of nitrogens with one attached hydrogen (secondary N) is 1. The Bertz CT molecular complexity index is 427. The number of anilines is 3. The van der Waals surface area contributed by atoms with Gasteiger partial charge in [-0.2, -0.15) is 0 Å². The Balaban J connectivity index is 2.22. The molecule has 4 heteroatoms. The third-order valence-corrected chi connectivity index (χ3v) is 1.90. The summed E-state index contributed by atoms with van der Waals surface area (Å²) in [5, 5.41) is 12.3. The van der Waals surface area contributed by atoms with Crippen LogP contribution in [0.25, 0.3) is 0 Å². The second-order valence-corrected chi connectivity index (χ2v) is 3.15. The molecule has 1 aromatic heterocycles. The van der Waals surface area contributed by atoms with E-state index in [9.17, 15) is 5.11 Å². The largest absolute Gasteiger partial charge is 0.508 e. The molecule has 0 bridgehead atoms.